The quantitative estimate of drug-likeness (QED) is 0.839. The Bertz CT molecular complexity index is 560. The Morgan fingerprint density at radius 3 is 2.89 bits per heavy atom. The van der Waals surface area contributed by atoms with Crippen LogP contribution in [0.3, 0.4) is 0 Å². The number of fused-ring (bicyclic) bond motifs is 1. The van der Waals surface area contributed by atoms with Gasteiger partial charge < -0.3 is 10.4 Å². The molecule has 2 heterocycles. The van der Waals surface area contributed by atoms with Gasteiger partial charge >= 0.3 is 0 Å². The lowest BCUT2D eigenvalue weighted by atomic mass is 9.77. The zero-order valence-corrected chi connectivity index (χ0v) is 11.9. The summed E-state index contributed by atoms with van der Waals surface area (Å²) in [5.74, 6) is 1.68. The number of nitrogens with zero attached hydrogens (tertiary/aromatic N) is 2. The molecule has 6 heteroatoms. The molecule has 4 nitrogen and oxygen atoms in total. The van der Waals surface area contributed by atoms with Gasteiger partial charge in [0.25, 0.3) is 0 Å². The van der Waals surface area contributed by atoms with E-state index in [-0.39, 0.29) is 17.3 Å². The molecule has 0 amide bonds. The van der Waals surface area contributed by atoms with Crippen molar-refractivity contribution < 1.29 is 5.11 Å². The molecule has 1 aromatic rings. The molecule has 100 valence electrons. The smallest absolute Gasteiger partial charge is 0.149 e. The van der Waals surface area contributed by atoms with Crippen LogP contribution in [0.2, 0.25) is 5.15 Å². The predicted molar refractivity (Wildman–Crippen MR) is 75.7 cm³/mol. The van der Waals surface area contributed by atoms with Crippen LogP contribution in [-0.4, -0.2) is 28.0 Å². The lowest BCUT2D eigenvalue weighted by Crippen LogP contribution is -2.48. The largest absolute Gasteiger partial charge is 0.394 e. The van der Waals surface area contributed by atoms with Gasteiger partial charge in [-0.25, -0.2) is 4.98 Å². The summed E-state index contributed by atoms with van der Waals surface area (Å²) in [6.07, 6.45) is 3.86. The Morgan fingerprint density at radius 1 is 1.53 bits per heavy atom. The number of thioether (sulfide) groups is 1. The van der Waals surface area contributed by atoms with E-state index in [1.54, 1.807) is 11.8 Å². The number of aliphatic hydroxyl groups is 1. The molecule has 0 unspecified atom stereocenters. The van der Waals surface area contributed by atoms with Gasteiger partial charge in [0.1, 0.15) is 17.0 Å². The maximum absolute atomic E-state index is 9.53. The summed E-state index contributed by atoms with van der Waals surface area (Å²) < 4.78 is 0. The first kappa shape index (κ1) is 13.0. The number of hydrogen-bond acceptors (Lipinski definition) is 5. The molecule has 2 aliphatic rings. The second kappa shape index (κ2) is 4.86. The standard InChI is InChI=1S/C13H14ClN3OS/c14-11-9(6-15)8-2-5-19-10(8)12(16-11)17-13(7-18)3-1-4-13/h18H,1-5,7H2,(H,16,17). The Morgan fingerprint density at radius 2 is 2.32 bits per heavy atom. The van der Waals surface area contributed by atoms with E-state index in [0.717, 1.165) is 47.7 Å². The first-order chi connectivity index (χ1) is 9.19. The molecule has 1 aliphatic heterocycles. The molecular formula is C13H14ClN3OS. The van der Waals surface area contributed by atoms with Crippen LogP contribution < -0.4 is 5.32 Å². The molecule has 1 fully saturated rings. The van der Waals surface area contributed by atoms with Gasteiger partial charge in [-0.2, -0.15) is 5.26 Å². The fourth-order valence-electron chi connectivity index (χ4n) is 2.61. The topological polar surface area (TPSA) is 68.9 Å². The number of aliphatic hydroxyl groups excluding tert-OH is 1. The number of nitriles is 1. The Hall–Kier alpha value is -0.960. The van der Waals surface area contributed by atoms with Crippen LogP contribution in [-0.2, 0) is 6.42 Å². The highest BCUT2D eigenvalue weighted by Gasteiger charge is 2.38. The Balaban J connectivity index is 2.01. The summed E-state index contributed by atoms with van der Waals surface area (Å²) in [4.78, 5) is 5.36. The molecule has 19 heavy (non-hydrogen) atoms. The van der Waals surface area contributed by atoms with Gasteiger partial charge in [-0.1, -0.05) is 11.6 Å². The molecule has 2 N–H and O–H groups in total. The third-order valence-corrected chi connectivity index (χ3v) is 5.32. The van der Waals surface area contributed by atoms with Crippen molar-refractivity contribution in [3.8, 4) is 6.07 Å². The average molecular weight is 296 g/mol. The lowest BCUT2D eigenvalue weighted by Gasteiger charge is -2.41. The van der Waals surface area contributed by atoms with Crippen molar-refractivity contribution >= 4 is 29.2 Å². The summed E-state index contributed by atoms with van der Waals surface area (Å²) in [6.45, 7) is 0.103. The van der Waals surface area contributed by atoms with Crippen molar-refractivity contribution in [3.63, 3.8) is 0 Å². The zero-order valence-electron chi connectivity index (χ0n) is 10.4. The molecule has 0 aromatic carbocycles. The molecule has 1 saturated carbocycles. The van der Waals surface area contributed by atoms with Gasteiger partial charge in [-0.05, 0) is 31.2 Å². The van der Waals surface area contributed by atoms with Gasteiger partial charge in [-0.3, -0.25) is 0 Å². The fraction of sp³-hybridized carbons (Fsp3) is 0.538. The number of hydrogen-bond donors (Lipinski definition) is 2. The van der Waals surface area contributed by atoms with Crippen molar-refractivity contribution in [1.82, 2.24) is 4.98 Å². The van der Waals surface area contributed by atoms with Crippen LogP contribution in [0.15, 0.2) is 4.90 Å². The van der Waals surface area contributed by atoms with E-state index in [1.165, 1.54) is 0 Å². The van der Waals surface area contributed by atoms with Crippen molar-refractivity contribution in [2.75, 3.05) is 17.7 Å². The number of halogens is 1. The van der Waals surface area contributed by atoms with E-state index in [1.807, 2.05) is 0 Å². The number of rotatable bonds is 3. The summed E-state index contributed by atoms with van der Waals surface area (Å²) in [5, 5.41) is 22.3. The third-order valence-electron chi connectivity index (χ3n) is 3.91. The van der Waals surface area contributed by atoms with Crippen LogP contribution in [0.4, 0.5) is 5.82 Å². The number of nitrogens with one attached hydrogen (secondary N) is 1. The van der Waals surface area contributed by atoms with Crippen LogP contribution >= 0.6 is 23.4 Å². The van der Waals surface area contributed by atoms with Crippen LogP contribution in [0.1, 0.15) is 30.4 Å². The van der Waals surface area contributed by atoms with Crippen molar-refractivity contribution in [3.05, 3.63) is 16.3 Å². The number of aromatic nitrogens is 1. The van der Waals surface area contributed by atoms with Crippen molar-refractivity contribution in [2.24, 2.45) is 0 Å². The molecule has 0 saturated heterocycles. The Labute approximate surface area is 121 Å². The van der Waals surface area contributed by atoms with Crippen molar-refractivity contribution in [2.45, 2.75) is 36.1 Å². The molecular weight excluding hydrogens is 282 g/mol. The maximum atomic E-state index is 9.53. The van der Waals surface area contributed by atoms with Gasteiger partial charge in [-0.15, -0.1) is 11.8 Å². The fourth-order valence-corrected chi connectivity index (χ4v) is 3.97. The van der Waals surface area contributed by atoms with Crippen molar-refractivity contribution in [1.29, 1.82) is 5.26 Å². The zero-order chi connectivity index (χ0) is 13.5. The lowest BCUT2D eigenvalue weighted by molar-refractivity contribution is 0.143. The third kappa shape index (κ3) is 2.08. The second-order valence-electron chi connectivity index (χ2n) is 5.06. The minimum Gasteiger partial charge on any atom is -0.394 e. The molecule has 1 aliphatic carbocycles. The highest BCUT2D eigenvalue weighted by molar-refractivity contribution is 7.99. The molecule has 3 rings (SSSR count). The normalized spacial score (nSPS) is 19.4. The predicted octanol–water partition coefficient (Wildman–Crippen LogP) is 2.58. The van der Waals surface area contributed by atoms with Crippen LogP contribution in [0.25, 0.3) is 0 Å². The molecule has 0 bridgehead atoms. The highest BCUT2D eigenvalue weighted by atomic mass is 35.5. The van der Waals surface area contributed by atoms with Gasteiger partial charge in [0.2, 0.25) is 0 Å². The molecule has 0 radical (unpaired) electrons. The minimum absolute atomic E-state index is 0.103. The first-order valence-electron chi connectivity index (χ1n) is 6.33. The summed E-state index contributed by atoms with van der Waals surface area (Å²) in [6, 6.07) is 2.14. The van der Waals surface area contributed by atoms with Gasteiger partial charge in [0, 0.05) is 5.75 Å². The first-order valence-corrected chi connectivity index (χ1v) is 7.70. The van der Waals surface area contributed by atoms with Gasteiger partial charge in [0.15, 0.2) is 0 Å². The summed E-state index contributed by atoms with van der Waals surface area (Å²) in [5.41, 5.74) is 1.25. The van der Waals surface area contributed by atoms with Gasteiger partial charge in [0.05, 0.1) is 22.6 Å². The Kier molecular flexibility index (Phi) is 3.34. The van der Waals surface area contributed by atoms with E-state index < -0.39 is 0 Å². The number of pyridine rings is 1. The minimum atomic E-state index is -0.249. The average Bonchev–Trinajstić information content (AvgIpc) is 2.83. The van der Waals surface area contributed by atoms with E-state index in [2.05, 4.69) is 16.4 Å². The van der Waals surface area contributed by atoms with E-state index >= 15 is 0 Å². The molecule has 0 spiro atoms. The summed E-state index contributed by atoms with van der Waals surface area (Å²) >= 11 is 7.80. The monoisotopic (exact) mass is 295 g/mol. The maximum Gasteiger partial charge on any atom is 0.149 e. The molecule has 0 atom stereocenters. The van der Waals surface area contributed by atoms with E-state index in [0.29, 0.717) is 5.56 Å². The van der Waals surface area contributed by atoms with Crippen LogP contribution in [0.5, 0.6) is 0 Å². The SMILES string of the molecule is N#Cc1c(Cl)nc(NC2(CO)CCC2)c2c1CCS2. The second-order valence-corrected chi connectivity index (χ2v) is 6.52. The number of anilines is 1. The van der Waals surface area contributed by atoms with Crippen LogP contribution in [0, 0.1) is 11.3 Å². The molecule has 1 aromatic heterocycles. The van der Waals surface area contributed by atoms with E-state index in [4.69, 9.17) is 16.9 Å². The summed E-state index contributed by atoms with van der Waals surface area (Å²) in [7, 11) is 0. The van der Waals surface area contributed by atoms with E-state index in [9.17, 15) is 5.11 Å². The highest BCUT2D eigenvalue weighted by Crippen LogP contribution is 2.43.